The van der Waals surface area contributed by atoms with Crippen LogP contribution in [0.3, 0.4) is 0 Å². The van der Waals surface area contributed by atoms with Gasteiger partial charge >= 0.3 is 5.97 Å². The summed E-state index contributed by atoms with van der Waals surface area (Å²) < 4.78 is 23.9. The lowest BCUT2D eigenvalue weighted by Crippen LogP contribution is -2.36. The molecule has 0 saturated carbocycles. The van der Waals surface area contributed by atoms with Gasteiger partial charge in [-0.2, -0.15) is 0 Å². The summed E-state index contributed by atoms with van der Waals surface area (Å²) >= 11 is 1.21. The fourth-order valence-electron chi connectivity index (χ4n) is 4.11. The van der Waals surface area contributed by atoms with Crippen molar-refractivity contribution in [2.75, 3.05) is 48.4 Å². The summed E-state index contributed by atoms with van der Waals surface area (Å²) in [6.07, 6.45) is 0. The highest BCUT2D eigenvalue weighted by molar-refractivity contribution is 7.17. The van der Waals surface area contributed by atoms with Crippen LogP contribution in [0.4, 0.5) is 27.3 Å². The first-order valence-electron chi connectivity index (χ1n) is 12.6. The molecule has 2 heterocycles. The monoisotopic (exact) mass is 546 g/mol. The minimum absolute atomic E-state index is 0.241. The van der Waals surface area contributed by atoms with Crippen LogP contribution < -0.4 is 15.5 Å². The van der Waals surface area contributed by atoms with Crippen LogP contribution in [0, 0.1) is 5.82 Å². The molecule has 0 unspecified atom stereocenters. The minimum atomic E-state index is -0.463. The zero-order valence-electron chi connectivity index (χ0n) is 21.3. The van der Waals surface area contributed by atoms with Gasteiger partial charge in [-0.3, -0.25) is 4.79 Å². The van der Waals surface area contributed by atoms with Gasteiger partial charge in [-0.25, -0.2) is 14.2 Å². The van der Waals surface area contributed by atoms with E-state index in [0.717, 1.165) is 30.0 Å². The number of benzene rings is 3. The Hall–Kier alpha value is -4.28. The minimum Gasteiger partial charge on any atom is -0.462 e. The number of carbonyl (C=O) groups is 2. The first-order valence-corrected chi connectivity index (χ1v) is 13.4. The Kier molecular flexibility index (Phi) is 8.14. The van der Waals surface area contributed by atoms with E-state index in [9.17, 15) is 14.0 Å². The van der Waals surface area contributed by atoms with Crippen molar-refractivity contribution in [3.63, 3.8) is 0 Å². The van der Waals surface area contributed by atoms with Crippen molar-refractivity contribution in [1.82, 2.24) is 4.98 Å². The molecule has 0 spiro atoms. The highest BCUT2D eigenvalue weighted by Crippen LogP contribution is 2.34. The van der Waals surface area contributed by atoms with Gasteiger partial charge in [0.15, 0.2) is 10.7 Å². The lowest BCUT2D eigenvalue weighted by molar-refractivity contribution is 0.0533. The highest BCUT2D eigenvalue weighted by Gasteiger charge is 2.21. The van der Waals surface area contributed by atoms with Crippen molar-refractivity contribution in [3.05, 3.63) is 89.1 Å². The maximum atomic E-state index is 13.2. The molecule has 1 amide bonds. The van der Waals surface area contributed by atoms with Crippen molar-refractivity contribution < 1.29 is 23.5 Å². The van der Waals surface area contributed by atoms with E-state index in [1.807, 2.05) is 30.3 Å². The van der Waals surface area contributed by atoms with Crippen LogP contribution in [0.2, 0.25) is 0 Å². The zero-order valence-corrected chi connectivity index (χ0v) is 22.1. The Morgan fingerprint density at radius 2 is 1.77 bits per heavy atom. The summed E-state index contributed by atoms with van der Waals surface area (Å²) in [6, 6.07) is 20.4. The van der Waals surface area contributed by atoms with Crippen LogP contribution in [0.5, 0.6) is 0 Å². The Balaban J connectivity index is 1.37. The van der Waals surface area contributed by atoms with Gasteiger partial charge in [0.25, 0.3) is 5.91 Å². The molecule has 2 N–H and O–H groups in total. The van der Waals surface area contributed by atoms with E-state index in [1.54, 1.807) is 25.1 Å². The zero-order chi connectivity index (χ0) is 27.2. The van der Waals surface area contributed by atoms with Crippen LogP contribution >= 0.6 is 11.3 Å². The number of aromatic nitrogens is 1. The first kappa shape index (κ1) is 26.3. The molecule has 1 aliphatic rings. The standard InChI is InChI=1S/C29H27FN4O4S/c1-2-38-29(36)25-26(31-22-10-12-24(13-11-22)34-14-16-37-17-15-34)33-28(39-25)20-4-3-5-23(18-20)32-27(35)19-6-8-21(30)9-7-19/h3-13,18,31H,2,14-17H2,1H3,(H,32,35). The lowest BCUT2D eigenvalue weighted by Gasteiger charge is -2.28. The summed E-state index contributed by atoms with van der Waals surface area (Å²) in [5.41, 5.74) is 3.50. The van der Waals surface area contributed by atoms with E-state index in [0.29, 0.717) is 40.2 Å². The molecule has 8 nitrogen and oxygen atoms in total. The third kappa shape index (κ3) is 6.42. The van der Waals surface area contributed by atoms with Gasteiger partial charge in [0.05, 0.1) is 19.8 Å². The second-order valence-corrected chi connectivity index (χ2v) is 9.73. The molecular weight excluding hydrogens is 519 g/mol. The number of thiazole rings is 1. The second kappa shape index (κ2) is 12.1. The van der Waals surface area contributed by atoms with Crippen LogP contribution in [-0.2, 0) is 9.47 Å². The first-order chi connectivity index (χ1) is 19.0. The molecule has 0 atom stereocenters. The van der Waals surface area contributed by atoms with Gasteiger partial charge < -0.3 is 25.0 Å². The van der Waals surface area contributed by atoms with Crippen molar-refractivity contribution in [2.24, 2.45) is 0 Å². The van der Waals surface area contributed by atoms with Crippen molar-refractivity contribution in [2.45, 2.75) is 6.92 Å². The number of hydrogen-bond acceptors (Lipinski definition) is 8. The Morgan fingerprint density at radius 3 is 2.49 bits per heavy atom. The van der Waals surface area contributed by atoms with Gasteiger partial charge in [0, 0.05) is 41.3 Å². The number of halogens is 1. The second-order valence-electron chi connectivity index (χ2n) is 8.73. The molecule has 1 aliphatic heterocycles. The van der Waals surface area contributed by atoms with Gasteiger partial charge in [-0.05, 0) is 67.6 Å². The normalized spacial score (nSPS) is 13.1. The summed E-state index contributed by atoms with van der Waals surface area (Å²) in [5.74, 6) is -0.837. The number of hydrogen-bond donors (Lipinski definition) is 2. The smallest absolute Gasteiger partial charge is 0.352 e. The number of rotatable bonds is 8. The molecule has 3 aromatic carbocycles. The van der Waals surface area contributed by atoms with Crippen LogP contribution in [0.15, 0.2) is 72.8 Å². The number of ether oxygens (including phenoxy) is 2. The van der Waals surface area contributed by atoms with Gasteiger partial charge in [-0.1, -0.05) is 12.1 Å². The van der Waals surface area contributed by atoms with Crippen LogP contribution in [0.25, 0.3) is 10.6 Å². The average molecular weight is 547 g/mol. The Bertz CT molecular complexity index is 1450. The van der Waals surface area contributed by atoms with Crippen LogP contribution in [0.1, 0.15) is 27.0 Å². The molecule has 0 radical (unpaired) electrons. The largest absolute Gasteiger partial charge is 0.462 e. The van der Waals surface area contributed by atoms with E-state index < -0.39 is 11.8 Å². The number of carbonyl (C=O) groups excluding carboxylic acids is 2. The Morgan fingerprint density at radius 1 is 1.03 bits per heavy atom. The Labute approximate surface area is 229 Å². The predicted molar refractivity (Wildman–Crippen MR) is 151 cm³/mol. The third-order valence-electron chi connectivity index (χ3n) is 6.07. The number of morpholine rings is 1. The SMILES string of the molecule is CCOC(=O)c1sc(-c2cccc(NC(=O)c3ccc(F)cc3)c2)nc1Nc1ccc(N2CCOCC2)cc1. The molecule has 1 saturated heterocycles. The molecular formula is C29H27FN4O4S. The summed E-state index contributed by atoms with van der Waals surface area (Å²) in [6.45, 7) is 5.11. The number of nitrogens with zero attached hydrogens (tertiary/aromatic N) is 2. The molecule has 39 heavy (non-hydrogen) atoms. The highest BCUT2D eigenvalue weighted by atomic mass is 32.1. The molecule has 10 heteroatoms. The van der Waals surface area contributed by atoms with Gasteiger partial charge in [-0.15, -0.1) is 11.3 Å². The number of esters is 1. The fraction of sp³-hybridized carbons (Fsp3) is 0.207. The molecule has 5 rings (SSSR count). The summed E-state index contributed by atoms with van der Waals surface area (Å²) in [5, 5.41) is 6.67. The summed E-state index contributed by atoms with van der Waals surface area (Å²) in [4.78, 5) is 32.7. The maximum absolute atomic E-state index is 13.2. The molecule has 0 bridgehead atoms. The van der Waals surface area contributed by atoms with E-state index >= 15 is 0 Å². The van der Waals surface area contributed by atoms with Crippen molar-refractivity contribution in [1.29, 1.82) is 0 Å². The topological polar surface area (TPSA) is 92.8 Å². The molecule has 1 fully saturated rings. The van der Waals surface area contributed by atoms with E-state index in [2.05, 4.69) is 15.5 Å². The molecule has 200 valence electrons. The van der Waals surface area contributed by atoms with Crippen LogP contribution in [-0.4, -0.2) is 49.8 Å². The maximum Gasteiger partial charge on any atom is 0.352 e. The lowest BCUT2D eigenvalue weighted by atomic mass is 10.1. The molecule has 0 aliphatic carbocycles. The van der Waals surface area contributed by atoms with E-state index in [-0.39, 0.29) is 12.5 Å². The fourth-order valence-corrected chi connectivity index (χ4v) is 5.02. The molecule has 4 aromatic rings. The third-order valence-corrected chi connectivity index (χ3v) is 7.15. The quantitative estimate of drug-likeness (QED) is 0.264. The summed E-state index contributed by atoms with van der Waals surface area (Å²) in [7, 11) is 0. The van der Waals surface area contributed by atoms with Crippen molar-refractivity contribution in [3.8, 4) is 10.6 Å². The number of amides is 1. The van der Waals surface area contributed by atoms with Crippen molar-refractivity contribution >= 4 is 46.1 Å². The van der Waals surface area contributed by atoms with Gasteiger partial charge in [0.2, 0.25) is 0 Å². The van der Waals surface area contributed by atoms with E-state index in [1.165, 1.54) is 35.6 Å². The average Bonchev–Trinajstić information content (AvgIpc) is 3.38. The predicted octanol–water partition coefficient (Wildman–Crippen LogP) is 5.96. The van der Waals surface area contributed by atoms with E-state index in [4.69, 9.17) is 14.5 Å². The van der Waals surface area contributed by atoms with Gasteiger partial charge in [0.1, 0.15) is 10.8 Å². The number of nitrogens with one attached hydrogen (secondary N) is 2. The molecule has 1 aromatic heterocycles. The number of anilines is 4.